The van der Waals surface area contributed by atoms with Gasteiger partial charge in [-0.15, -0.1) is 12.4 Å². The summed E-state index contributed by atoms with van der Waals surface area (Å²) < 4.78 is 0. The molecule has 122 valence electrons. The molecule has 1 amide bonds. The second-order valence-electron chi connectivity index (χ2n) is 6.11. The Morgan fingerprint density at radius 1 is 1.36 bits per heavy atom. The van der Waals surface area contributed by atoms with Gasteiger partial charge in [0, 0.05) is 23.1 Å². The molecule has 1 aromatic carbocycles. The minimum absolute atomic E-state index is 0. The van der Waals surface area contributed by atoms with Crippen molar-refractivity contribution in [3.63, 3.8) is 0 Å². The van der Waals surface area contributed by atoms with Gasteiger partial charge in [-0.2, -0.15) is 0 Å². The molecule has 0 spiro atoms. The monoisotopic (exact) mass is 323 g/mol. The smallest absolute Gasteiger partial charge is 0.240 e. The number of halogens is 1. The van der Waals surface area contributed by atoms with Crippen molar-refractivity contribution in [2.24, 2.45) is 5.73 Å². The van der Waals surface area contributed by atoms with Crippen molar-refractivity contribution >= 4 is 29.2 Å². The van der Waals surface area contributed by atoms with Crippen LogP contribution in [0.5, 0.6) is 0 Å². The lowest BCUT2D eigenvalue weighted by Gasteiger charge is -2.22. The van der Waals surface area contributed by atoms with Crippen LogP contribution >= 0.6 is 12.4 Å². The molecule has 0 saturated heterocycles. The van der Waals surface area contributed by atoms with Gasteiger partial charge in [0.25, 0.3) is 0 Å². The quantitative estimate of drug-likeness (QED) is 0.789. The highest BCUT2D eigenvalue weighted by Gasteiger charge is 2.26. The summed E-state index contributed by atoms with van der Waals surface area (Å²) in [4.78, 5) is 15.5. The normalized spacial score (nSPS) is 13.5. The molecule has 5 heteroatoms. The highest BCUT2D eigenvalue weighted by atomic mass is 35.5. The van der Waals surface area contributed by atoms with Crippen molar-refractivity contribution in [1.82, 2.24) is 10.3 Å². The first-order valence-corrected chi connectivity index (χ1v) is 7.50. The van der Waals surface area contributed by atoms with Crippen LogP contribution in [0.2, 0.25) is 0 Å². The van der Waals surface area contributed by atoms with Crippen LogP contribution in [0.4, 0.5) is 0 Å². The molecule has 0 aliphatic heterocycles. The van der Waals surface area contributed by atoms with Crippen molar-refractivity contribution in [2.45, 2.75) is 52.6 Å². The van der Waals surface area contributed by atoms with Crippen LogP contribution in [0.25, 0.3) is 10.9 Å². The largest absolute Gasteiger partial charge is 0.358 e. The van der Waals surface area contributed by atoms with E-state index in [0.29, 0.717) is 13.0 Å². The van der Waals surface area contributed by atoms with Crippen molar-refractivity contribution in [2.75, 3.05) is 0 Å². The average Bonchev–Trinajstić information content (AvgIpc) is 2.71. The van der Waals surface area contributed by atoms with Crippen LogP contribution in [0.1, 0.15) is 43.5 Å². The number of aromatic amines is 1. The maximum Gasteiger partial charge on any atom is 0.240 e. The maximum absolute atomic E-state index is 12.1. The molecular weight excluding hydrogens is 298 g/mol. The first kappa shape index (κ1) is 18.5. The highest BCUT2D eigenvalue weighted by Crippen LogP contribution is 2.22. The summed E-state index contributed by atoms with van der Waals surface area (Å²) in [7, 11) is 0. The van der Waals surface area contributed by atoms with E-state index in [2.05, 4.69) is 36.3 Å². The van der Waals surface area contributed by atoms with Crippen LogP contribution in [-0.2, 0) is 11.3 Å². The van der Waals surface area contributed by atoms with E-state index in [1.165, 1.54) is 16.6 Å². The Hall–Kier alpha value is -1.52. The minimum Gasteiger partial charge on any atom is -0.358 e. The van der Waals surface area contributed by atoms with Gasteiger partial charge in [0.15, 0.2) is 0 Å². The van der Waals surface area contributed by atoms with Crippen molar-refractivity contribution in [1.29, 1.82) is 0 Å². The Kier molecular flexibility index (Phi) is 6.03. The number of nitrogens with one attached hydrogen (secondary N) is 2. The molecule has 1 heterocycles. The molecule has 22 heavy (non-hydrogen) atoms. The predicted molar refractivity (Wildman–Crippen MR) is 94.4 cm³/mol. The maximum atomic E-state index is 12.1. The van der Waals surface area contributed by atoms with E-state index in [0.717, 1.165) is 17.5 Å². The Morgan fingerprint density at radius 2 is 2.05 bits per heavy atom. The summed E-state index contributed by atoms with van der Waals surface area (Å²) in [6.45, 7) is 8.50. The second kappa shape index (κ2) is 7.16. The van der Waals surface area contributed by atoms with Crippen molar-refractivity contribution in [3.05, 3.63) is 35.0 Å². The number of hydrogen-bond acceptors (Lipinski definition) is 2. The van der Waals surface area contributed by atoms with Crippen LogP contribution in [0.3, 0.4) is 0 Å². The zero-order valence-electron chi connectivity index (χ0n) is 13.7. The number of fused-ring (bicyclic) bond motifs is 1. The molecule has 0 fully saturated rings. The fourth-order valence-electron chi connectivity index (χ4n) is 2.64. The minimum atomic E-state index is -0.792. The van der Waals surface area contributed by atoms with Crippen LogP contribution in [0.15, 0.2) is 18.2 Å². The van der Waals surface area contributed by atoms with Gasteiger partial charge >= 0.3 is 0 Å². The second-order valence-corrected chi connectivity index (χ2v) is 6.11. The van der Waals surface area contributed by atoms with E-state index in [9.17, 15) is 4.79 Å². The molecule has 0 bridgehead atoms. The van der Waals surface area contributed by atoms with Gasteiger partial charge in [-0.05, 0) is 50.5 Å². The summed E-state index contributed by atoms with van der Waals surface area (Å²) in [5.74, 6) is -0.0913. The van der Waals surface area contributed by atoms with E-state index in [1.54, 1.807) is 6.92 Å². The average molecular weight is 324 g/mol. The summed E-state index contributed by atoms with van der Waals surface area (Å²) >= 11 is 0. The number of carbonyl (C=O) groups is 1. The van der Waals surface area contributed by atoms with Gasteiger partial charge in [-0.25, -0.2) is 0 Å². The van der Waals surface area contributed by atoms with Crippen LogP contribution < -0.4 is 11.1 Å². The van der Waals surface area contributed by atoms with E-state index < -0.39 is 5.54 Å². The zero-order chi connectivity index (χ0) is 15.6. The zero-order valence-corrected chi connectivity index (χ0v) is 14.6. The Morgan fingerprint density at radius 3 is 2.68 bits per heavy atom. The number of amides is 1. The van der Waals surface area contributed by atoms with E-state index in [4.69, 9.17) is 5.73 Å². The van der Waals surface area contributed by atoms with Crippen LogP contribution in [-0.4, -0.2) is 16.4 Å². The Labute approximate surface area is 138 Å². The molecule has 0 aliphatic carbocycles. The number of H-pyrrole nitrogens is 1. The van der Waals surface area contributed by atoms with Gasteiger partial charge in [-0.3, -0.25) is 4.79 Å². The lowest BCUT2D eigenvalue weighted by molar-refractivity contribution is -0.126. The third-order valence-electron chi connectivity index (χ3n) is 4.11. The Bertz CT molecular complexity index is 661. The van der Waals surface area contributed by atoms with E-state index in [-0.39, 0.29) is 18.3 Å². The summed E-state index contributed by atoms with van der Waals surface area (Å²) in [6, 6.07) is 6.22. The number of nitrogens with two attached hydrogens (primary N) is 1. The lowest BCUT2D eigenvalue weighted by atomic mass is 9.96. The third-order valence-corrected chi connectivity index (χ3v) is 4.11. The molecule has 1 atom stereocenters. The van der Waals surface area contributed by atoms with Crippen molar-refractivity contribution < 1.29 is 4.79 Å². The molecule has 1 unspecified atom stereocenters. The number of hydrogen-bond donors (Lipinski definition) is 3. The third kappa shape index (κ3) is 3.81. The highest BCUT2D eigenvalue weighted by molar-refractivity contribution is 5.86. The molecular formula is C17H26ClN3O. The molecule has 2 aromatic rings. The molecule has 1 aromatic heterocycles. The SMILES string of the molecule is CCCC(C)(N)C(=O)NCc1ccc2[nH]c(C)c(C)c2c1.Cl. The summed E-state index contributed by atoms with van der Waals surface area (Å²) in [6.07, 6.45) is 1.59. The molecule has 0 aliphatic rings. The number of aromatic nitrogens is 1. The van der Waals surface area contributed by atoms with Crippen molar-refractivity contribution in [3.8, 4) is 0 Å². The van der Waals surface area contributed by atoms with E-state index >= 15 is 0 Å². The van der Waals surface area contributed by atoms with Gasteiger partial charge in [-0.1, -0.05) is 19.4 Å². The van der Waals surface area contributed by atoms with E-state index in [1.807, 2.05) is 13.0 Å². The first-order valence-electron chi connectivity index (χ1n) is 7.50. The molecule has 4 N–H and O–H groups in total. The van der Waals surface area contributed by atoms with Gasteiger partial charge in [0.1, 0.15) is 0 Å². The lowest BCUT2D eigenvalue weighted by Crippen LogP contribution is -2.51. The number of aryl methyl sites for hydroxylation is 2. The molecule has 2 rings (SSSR count). The van der Waals surface area contributed by atoms with Gasteiger partial charge < -0.3 is 16.0 Å². The summed E-state index contributed by atoms with van der Waals surface area (Å²) in [5.41, 5.74) is 9.91. The predicted octanol–water partition coefficient (Wildman–Crippen LogP) is 3.34. The fraction of sp³-hybridized carbons (Fsp3) is 0.471. The standard InChI is InChI=1S/C17H25N3O.ClH/c1-5-8-17(4,18)16(21)19-10-13-6-7-15-14(9-13)11(2)12(3)20-15;/h6-7,9,20H,5,8,10,18H2,1-4H3,(H,19,21);1H. The summed E-state index contributed by atoms with van der Waals surface area (Å²) in [5, 5.41) is 4.15. The number of benzene rings is 1. The fourth-order valence-corrected chi connectivity index (χ4v) is 2.64. The Balaban J connectivity index is 0.00000242. The molecule has 0 saturated carbocycles. The van der Waals surface area contributed by atoms with Gasteiger partial charge in [0.2, 0.25) is 5.91 Å². The number of carbonyl (C=O) groups excluding carboxylic acids is 1. The first-order chi connectivity index (χ1) is 9.85. The molecule has 0 radical (unpaired) electrons. The molecule has 4 nitrogen and oxygen atoms in total. The van der Waals surface area contributed by atoms with Gasteiger partial charge in [0.05, 0.1) is 5.54 Å². The number of rotatable bonds is 5. The topological polar surface area (TPSA) is 70.9 Å². The van der Waals surface area contributed by atoms with Crippen LogP contribution in [0, 0.1) is 13.8 Å².